The number of benzene rings is 1. The van der Waals surface area contributed by atoms with Crippen molar-refractivity contribution in [3.8, 4) is 5.75 Å². The molecule has 1 rings (SSSR count). The van der Waals surface area contributed by atoms with E-state index in [4.69, 9.17) is 4.74 Å². The molecule has 0 unspecified atom stereocenters. The van der Waals surface area contributed by atoms with Crippen LogP contribution in [0.25, 0.3) is 0 Å². The molecule has 0 spiro atoms. The maximum Gasteiger partial charge on any atom is 0.119 e. The van der Waals surface area contributed by atoms with Crippen LogP contribution >= 0.6 is 0 Å². The first kappa shape index (κ1) is 13.0. The minimum Gasteiger partial charge on any atom is -0.493 e. The van der Waals surface area contributed by atoms with Crippen molar-refractivity contribution in [3.05, 3.63) is 29.8 Å². The highest BCUT2D eigenvalue weighted by Crippen LogP contribution is 2.11. The van der Waals surface area contributed by atoms with Gasteiger partial charge in [0.05, 0.1) is 19.2 Å². The van der Waals surface area contributed by atoms with Crippen LogP contribution in [0.15, 0.2) is 24.3 Å². The van der Waals surface area contributed by atoms with Crippen LogP contribution in [-0.4, -0.2) is 19.2 Å². The molecule has 0 amide bonds. The largest absolute Gasteiger partial charge is 0.493 e. The Kier molecular flexibility index (Phi) is 5.94. The first-order valence-electron chi connectivity index (χ1n) is 6.25. The zero-order chi connectivity index (χ0) is 11.8. The summed E-state index contributed by atoms with van der Waals surface area (Å²) >= 11 is 0. The van der Waals surface area contributed by atoms with Crippen LogP contribution in [0.2, 0.25) is 0 Å². The summed E-state index contributed by atoms with van der Waals surface area (Å²) in [5, 5.41) is 2.39. The Morgan fingerprint density at radius 2 is 1.94 bits per heavy atom. The number of hydrogen-bond acceptors (Lipinski definition) is 1. The average molecular weight is 222 g/mol. The molecule has 1 aromatic rings. The van der Waals surface area contributed by atoms with E-state index >= 15 is 0 Å². The Balaban J connectivity index is 2.09. The van der Waals surface area contributed by atoms with Crippen molar-refractivity contribution in [2.75, 3.05) is 13.2 Å². The number of quaternary nitrogens is 1. The molecule has 0 saturated heterocycles. The highest BCUT2D eigenvalue weighted by molar-refractivity contribution is 5.26. The summed E-state index contributed by atoms with van der Waals surface area (Å²) in [7, 11) is 0. The molecule has 0 aliphatic carbocycles. The molecular weight excluding hydrogens is 198 g/mol. The predicted octanol–water partition coefficient (Wildman–Crippen LogP) is 2.13. The smallest absolute Gasteiger partial charge is 0.119 e. The van der Waals surface area contributed by atoms with Crippen LogP contribution in [0.4, 0.5) is 0 Å². The summed E-state index contributed by atoms with van der Waals surface area (Å²) in [6.07, 6.45) is 2.34. The van der Waals surface area contributed by atoms with E-state index in [1.807, 2.05) is 12.1 Å². The van der Waals surface area contributed by atoms with Crippen LogP contribution in [0.3, 0.4) is 0 Å². The molecule has 0 saturated carbocycles. The molecule has 1 aromatic carbocycles. The highest BCUT2D eigenvalue weighted by atomic mass is 16.5. The summed E-state index contributed by atoms with van der Waals surface area (Å²) in [6.45, 7) is 8.55. The molecule has 0 aliphatic rings. The molecule has 2 N–H and O–H groups in total. The normalized spacial score (nSPS) is 12.4. The van der Waals surface area contributed by atoms with Gasteiger partial charge in [-0.1, -0.05) is 24.6 Å². The van der Waals surface area contributed by atoms with Crippen LogP contribution in [-0.2, 0) is 0 Å². The highest BCUT2D eigenvalue weighted by Gasteiger charge is 2.00. The average Bonchev–Trinajstić information content (AvgIpc) is 2.31. The van der Waals surface area contributed by atoms with E-state index in [2.05, 4.69) is 38.2 Å². The van der Waals surface area contributed by atoms with Gasteiger partial charge in [-0.15, -0.1) is 0 Å². The zero-order valence-electron chi connectivity index (χ0n) is 10.7. The van der Waals surface area contributed by atoms with E-state index in [1.54, 1.807) is 0 Å². The molecule has 2 nitrogen and oxygen atoms in total. The number of rotatable bonds is 7. The van der Waals surface area contributed by atoms with Crippen LogP contribution in [0.1, 0.15) is 32.3 Å². The van der Waals surface area contributed by atoms with Gasteiger partial charge in [-0.05, 0) is 32.4 Å². The zero-order valence-corrected chi connectivity index (χ0v) is 10.7. The lowest BCUT2D eigenvalue weighted by Crippen LogP contribution is -2.89. The molecule has 0 aliphatic heterocycles. The first-order chi connectivity index (χ1) is 7.72. The van der Waals surface area contributed by atoms with E-state index in [0.717, 1.165) is 31.4 Å². The van der Waals surface area contributed by atoms with Gasteiger partial charge in [0, 0.05) is 6.42 Å². The van der Waals surface area contributed by atoms with Crippen LogP contribution in [0.5, 0.6) is 5.75 Å². The fraction of sp³-hybridized carbons (Fsp3) is 0.571. The summed E-state index contributed by atoms with van der Waals surface area (Å²) < 4.78 is 5.66. The lowest BCUT2D eigenvalue weighted by Gasteiger charge is -2.09. The van der Waals surface area contributed by atoms with Crippen molar-refractivity contribution >= 4 is 0 Å². The van der Waals surface area contributed by atoms with Gasteiger partial charge in [-0.2, -0.15) is 0 Å². The van der Waals surface area contributed by atoms with Gasteiger partial charge in [0.2, 0.25) is 0 Å². The SMILES string of the molecule is CC[C@H](C)[NH2+]CCCOc1ccc(C)cc1. The molecule has 0 heterocycles. The monoisotopic (exact) mass is 222 g/mol. The standard InChI is InChI=1S/C14H23NO/c1-4-13(3)15-10-5-11-16-14-8-6-12(2)7-9-14/h6-9,13,15H,4-5,10-11H2,1-3H3/p+1/t13-/m0/s1. The van der Waals surface area contributed by atoms with Gasteiger partial charge in [0.25, 0.3) is 0 Å². The van der Waals surface area contributed by atoms with Crippen molar-refractivity contribution < 1.29 is 10.1 Å². The summed E-state index contributed by atoms with van der Waals surface area (Å²) in [5.74, 6) is 0.981. The van der Waals surface area contributed by atoms with Gasteiger partial charge in [-0.25, -0.2) is 0 Å². The second-order valence-electron chi connectivity index (χ2n) is 4.42. The lowest BCUT2D eigenvalue weighted by atomic mass is 10.2. The van der Waals surface area contributed by atoms with E-state index in [9.17, 15) is 0 Å². The molecule has 0 bridgehead atoms. The van der Waals surface area contributed by atoms with E-state index < -0.39 is 0 Å². The van der Waals surface area contributed by atoms with Crippen molar-refractivity contribution in [2.24, 2.45) is 0 Å². The van der Waals surface area contributed by atoms with Crippen molar-refractivity contribution in [3.63, 3.8) is 0 Å². The minimum absolute atomic E-state index is 0.736. The third-order valence-electron chi connectivity index (χ3n) is 2.85. The van der Waals surface area contributed by atoms with Gasteiger partial charge >= 0.3 is 0 Å². The quantitative estimate of drug-likeness (QED) is 0.703. The molecule has 90 valence electrons. The molecule has 0 fully saturated rings. The van der Waals surface area contributed by atoms with E-state index in [1.165, 1.54) is 12.0 Å². The molecule has 2 heteroatoms. The Morgan fingerprint density at radius 3 is 2.56 bits per heavy atom. The number of aryl methyl sites for hydroxylation is 1. The number of ether oxygens (including phenoxy) is 1. The second kappa shape index (κ2) is 7.29. The number of hydrogen-bond donors (Lipinski definition) is 1. The van der Waals surface area contributed by atoms with Gasteiger partial charge in [0.15, 0.2) is 0 Å². The van der Waals surface area contributed by atoms with Crippen LogP contribution in [0, 0.1) is 6.92 Å². The number of nitrogens with two attached hydrogens (primary N) is 1. The molecule has 1 atom stereocenters. The summed E-state index contributed by atoms with van der Waals surface area (Å²) in [4.78, 5) is 0. The molecule has 0 aromatic heterocycles. The van der Waals surface area contributed by atoms with Crippen molar-refractivity contribution in [2.45, 2.75) is 39.7 Å². The predicted molar refractivity (Wildman–Crippen MR) is 67.8 cm³/mol. The summed E-state index contributed by atoms with van der Waals surface area (Å²) in [6, 6.07) is 8.97. The Morgan fingerprint density at radius 1 is 1.25 bits per heavy atom. The van der Waals surface area contributed by atoms with Gasteiger partial charge in [0.1, 0.15) is 5.75 Å². The molecular formula is C14H24NO+. The lowest BCUT2D eigenvalue weighted by molar-refractivity contribution is -0.686. The topological polar surface area (TPSA) is 25.8 Å². The van der Waals surface area contributed by atoms with E-state index in [0.29, 0.717) is 0 Å². The molecule has 16 heavy (non-hydrogen) atoms. The first-order valence-corrected chi connectivity index (χ1v) is 6.25. The maximum atomic E-state index is 5.66. The van der Waals surface area contributed by atoms with Gasteiger partial charge < -0.3 is 10.1 Å². The molecule has 0 radical (unpaired) electrons. The Hall–Kier alpha value is -1.02. The third kappa shape index (κ3) is 5.17. The Labute approximate surface area is 99.0 Å². The summed E-state index contributed by atoms with van der Waals surface area (Å²) in [5.41, 5.74) is 1.28. The van der Waals surface area contributed by atoms with Crippen LogP contribution < -0.4 is 10.1 Å². The Bertz CT molecular complexity index is 281. The van der Waals surface area contributed by atoms with Gasteiger partial charge in [-0.3, -0.25) is 0 Å². The van der Waals surface area contributed by atoms with E-state index in [-0.39, 0.29) is 0 Å². The van der Waals surface area contributed by atoms with Crippen molar-refractivity contribution in [1.82, 2.24) is 0 Å². The third-order valence-corrected chi connectivity index (χ3v) is 2.85. The van der Waals surface area contributed by atoms with Crippen molar-refractivity contribution in [1.29, 1.82) is 0 Å². The fourth-order valence-corrected chi connectivity index (χ4v) is 1.48. The fourth-order valence-electron chi connectivity index (χ4n) is 1.48. The maximum absolute atomic E-state index is 5.66. The minimum atomic E-state index is 0.736. The second-order valence-corrected chi connectivity index (χ2v) is 4.42.